The van der Waals surface area contributed by atoms with E-state index in [4.69, 9.17) is 14.9 Å². The fourth-order valence-corrected chi connectivity index (χ4v) is 6.53. The van der Waals surface area contributed by atoms with E-state index < -0.39 is 23.0 Å². The Balaban J connectivity index is 0.000000249. The molecule has 0 amide bonds. The SMILES string of the molecule is C=C1CC[C@@]2(O)[C@H]3Cc4ccc(O)c5c4[C@@]2(CCN3CC2CC2)[C@H]1O5.O=C(O)/C=C/C(=O)O. The normalized spacial score (nSPS) is 33.7. The third-order valence-electron chi connectivity index (χ3n) is 8.08. The van der Waals surface area contributed by atoms with Crippen molar-refractivity contribution in [2.75, 3.05) is 13.1 Å². The zero-order valence-corrected chi connectivity index (χ0v) is 18.4. The van der Waals surface area contributed by atoms with Gasteiger partial charge in [-0.25, -0.2) is 9.59 Å². The van der Waals surface area contributed by atoms with E-state index in [9.17, 15) is 19.8 Å². The number of aliphatic carboxylic acids is 2. The molecule has 176 valence electrons. The number of nitrogens with zero attached hydrogens (tertiary/aromatic N) is 1. The molecule has 2 bridgehead atoms. The monoisotopic (exact) mass is 455 g/mol. The lowest BCUT2D eigenvalue weighted by atomic mass is 9.48. The maximum atomic E-state index is 12.1. The number of ether oxygens (including phenoxy) is 1. The Morgan fingerprint density at radius 1 is 1.18 bits per heavy atom. The fraction of sp³-hybridized carbons (Fsp3) is 0.520. The number of phenols is 1. The molecule has 1 saturated heterocycles. The first-order chi connectivity index (χ1) is 15.7. The summed E-state index contributed by atoms with van der Waals surface area (Å²) < 4.78 is 6.29. The summed E-state index contributed by atoms with van der Waals surface area (Å²) in [4.78, 5) is 21.7. The summed E-state index contributed by atoms with van der Waals surface area (Å²) in [7, 11) is 0. The molecule has 5 aliphatic rings. The van der Waals surface area contributed by atoms with Crippen LogP contribution in [0.4, 0.5) is 0 Å². The number of hydrogen-bond acceptors (Lipinski definition) is 6. The van der Waals surface area contributed by atoms with E-state index in [1.165, 1.54) is 18.4 Å². The molecule has 0 unspecified atom stereocenters. The molecule has 1 aromatic carbocycles. The van der Waals surface area contributed by atoms with Gasteiger partial charge in [0.2, 0.25) is 0 Å². The van der Waals surface area contributed by atoms with Gasteiger partial charge in [-0.05, 0) is 68.2 Å². The Labute approximate surface area is 191 Å². The van der Waals surface area contributed by atoms with E-state index in [0.717, 1.165) is 55.8 Å². The van der Waals surface area contributed by atoms with Crippen LogP contribution in [0.5, 0.6) is 11.5 Å². The lowest BCUT2D eigenvalue weighted by Gasteiger charge is -2.63. The van der Waals surface area contributed by atoms with Crippen LogP contribution in [-0.4, -0.2) is 68.1 Å². The summed E-state index contributed by atoms with van der Waals surface area (Å²) in [6.07, 6.45) is 6.90. The van der Waals surface area contributed by atoms with Gasteiger partial charge in [0.25, 0.3) is 0 Å². The highest BCUT2D eigenvalue weighted by Crippen LogP contribution is 2.66. The number of rotatable bonds is 4. The lowest BCUT2D eigenvalue weighted by molar-refractivity contribution is -0.174. The van der Waals surface area contributed by atoms with Crippen molar-refractivity contribution in [1.29, 1.82) is 0 Å². The average molecular weight is 456 g/mol. The van der Waals surface area contributed by atoms with Gasteiger partial charge in [-0.1, -0.05) is 12.6 Å². The first-order valence-electron chi connectivity index (χ1n) is 11.5. The van der Waals surface area contributed by atoms with Crippen LogP contribution in [0.2, 0.25) is 0 Å². The van der Waals surface area contributed by atoms with Crippen LogP contribution in [0.3, 0.4) is 0 Å². The number of likely N-dealkylation sites (tertiary alicyclic amines) is 1. The van der Waals surface area contributed by atoms with Gasteiger partial charge < -0.3 is 25.2 Å². The Kier molecular flexibility index (Phi) is 5.06. The van der Waals surface area contributed by atoms with Gasteiger partial charge in [-0.2, -0.15) is 0 Å². The van der Waals surface area contributed by atoms with Crippen molar-refractivity contribution in [3.05, 3.63) is 47.6 Å². The number of aliphatic hydroxyl groups is 1. The van der Waals surface area contributed by atoms with Gasteiger partial charge in [0, 0.05) is 30.3 Å². The van der Waals surface area contributed by atoms with E-state index in [-0.39, 0.29) is 17.9 Å². The molecule has 0 aromatic heterocycles. The highest BCUT2D eigenvalue weighted by atomic mass is 16.5. The molecule has 1 aromatic rings. The Morgan fingerprint density at radius 2 is 1.88 bits per heavy atom. The number of phenolic OH excluding ortho intramolecular Hbond substituents is 1. The number of carboxylic acids is 2. The molecule has 1 spiro atoms. The zero-order chi connectivity index (χ0) is 23.5. The van der Waals surface area contributed by atoms with Crippen LogP contribution in [0.1, 0.15) is 43.2 Å². The molecular weight excluding hydrogens is 426 g/mol. The van der Waals surface area contributed by atoms with Crippen molar-refractivity contribution in [2.45, 2.75) is 61.7 Å². The van der Waals surface area contributed by atoms with Crippen molar-refractivity contribution in [2.24, 2.45) is 5.92 Å². The largest absolute Gasteiger partial charge is 0.504 e. The molecule has 3 fully saturated rings. The minimum atomic E-state index is -1.26. The van der Waals surface area contributed by atoms with Crippen LogP contribution in [0.15, 0.2) is 36.4 Å². The van der Waals surface area contributed by atoms with Crippen molar-refractivity contribution in [3.8, 4) is 11.5 Å². The third-order valence-corrected chi connectivity index (χ3v) is 8.08. The van der Waals surface area contributed by atoms with Gasteiger partial charge in [0.1, 0.15) is 6.10 Å². The summed E-state index contributed by atoms with van der Waals surface area (Å²) in [5.41, 5.74) is 2.21. The van der Waals surface area contributed by atoms with Gasteiger partial charge in [0.05, 0.1) is 11.0 Å². The van der Waals surface area contributed by atoms with Crippen molar-refractivity contribution < 1.29 is 34.8 Å². The molecule has 2 heterocycles. The molecule has 4 atom stereocenters. The topological polar surface area (TPSA) is 128 Å². The molecule has 3 aliphatic carbocycles. The van der Waals surface area contributed by atoms with E-state index in [1.54, 1.807) is 6.07 Å². The van der Waals surface area contributed by atoms with E-state index in [0.29, 0.717) is 17.9 Å². The first kappa shape index (κ1) is 22.0. The second-order valence-corrected chi connectivity index (χ2v) is 9.92. The quantitative estimate of drug-likeness (QED) is 0.402. The number of piperidine rings is 1. The Hall–Kier alpha value is -2.84. The van der Waals surface area contributed by atoms with Crippen LogP contribution in [0.25, 0.3) is 0 Å². The summed E-state index contributed by atoms with van der Waals surface area (Å²) in [5.74, 6) is -0.877. The zero-order valence-electron chi connectivity index (χ0n) is 18.4. The summed E-state index contributed by atoms with van der Waals surface area (Å²) in [6, 6.07) is 3.96. The second-order valence-electron chi connectivity index (χ2n) is 9.92. The van der Waals surface area contributed by atoms with Crippen LogP contribution in [-0.2, 0) is 21.4 Å². The summed E-state index contributed by atoms with van der Waals surface area (Å²) >= 11 is 0. The van der Waals surface area contributed by atoms with Gasteiger partial charge >= 0.3 is 11.9 Å². The Morgan fingerprint density at radius 3 is 2.52 bits per heavy atom. The van der Waals surface area contributed by atoms with E-state index >= 15 is 0 Å². The smallest absolute Gasteiger partial charge is 0.328 e. The minimum Gasteiger partial charge on any atom is -0.504 e. The van der Waals surface area contributed by atoms with Crippen molar-refractivity contribution >= 4 is 11.9 Å². The Bertz CT molecular complexity index is 1050. The molecule has 0 radical (unpaired) electrons. The van der Waals surface area contributed by atoms with Crippen LogP contribution in [0, 0.1) is 5.92 Å². The number of hydrogen-bond donors (Lipinski definition) is 4. The summed E-state index contributed by atoms with van der Waals surface area (Å²) in [5, 5.41) is 38.1. The highest BCUT2D eigenvalue weighted by molar-refractivity contribution is 5.89. The van der Waals surface area contributed by atoms with Crippen LogP contribution < -0.4 is 4.74 Å². The molecule has 8 nitrogen and oxygen atoms in total. The number of carboxylic acid groups (broad SMARTS) is 2. The molecular formula is C25H29NO7. The maximum absolute atomic E-state index is 12.1. The third kappa shape index (κ3) is 3.27. The van der Waals surface area contributed by atoms with E-state index in [2.05, 4.69) is 11.5 Å². The molecule has 4 N–H and O–H groups in total. The van der Waals surface area contributed by atoms with Gasteiger partial charge in [-0.15, -0.1) is 0 Å². The van der Waals surface area contributed by atoms with E-state index in [1.807, 2.05) is 6.07 Å². The predicted octanol–water partition coefficient (Wildman–Crippen LogP) is 2.22. The van der Waals surface area contributed by atoms with Crippen LogP contribution >= 0.6 is 0 Å². The average Bonchev–Trinajstić information content (AvgIpc) is 3.50. The molecule has 6 rings (SSSR count). The molecule has 2 aliphatic heterocycles. The maximum Gasteiger partial charge on any atom is 0.328 e. The minimum absolute atomic E-state index is 0.157. The standard InChI is InChI=1S/C21H25NO3.C4H4O4/c1-12-6-7-21(24)16-10-14-4-5-15(23)18-17(14)20(21,19(12)25-18)8-9-22(16)11-13-2-3-13;5-3(6)1-2-4(7)8/h4-5,13,16,19,23-24H,1-3,6-11H2;1-2H,(H,5,6)(H,7,8)/b;2-1+/t16-,19+,20+,21-;/m1./s1. The number of aromatic hydroxyl groups is 1. The lowest BCUT2D eigenvalue weighted by Crippen LogP contribution is -2.75. The molecule has 2 saturated carbocycles. The van der Waals surface area contributed by atoms with Gasteiger partial charge in [-0.3, -0.25) is 4.90 Å². The van der Waals surface area contributed by atoms with Crippen molar-refractivity contribution in [3.63, 3.8) is 0 Å². The molecule has 8 heteroatoms. The summed E-state index contributed by atoms with van der Waals surface area (Å²) in [6.45, 7) is 6.40. The fourth-order valence-electron chi connectivity index (χ4n) is 6.53. The predicted molar refractivity (Wildman–Crippen MR) is 118 cm³/mol. The second kappa shape index (κ2) is 7.60. The number of carbonyl (C=O) groups is 2. The first-order valence-corrected chi connectivity index (χ1v) is 11.5. The number of benzene rings is 1. The van der Waals surface area contributed by atoms with Crippen molar-refractivity contribution in [1.82, 2.24) is 4.90 Å². The molecule has 33 heavy (non-hydrogen) atoms. The van der Waals surface area contributed by atoms with Gasteiger partial charge in [0.15, 0.2) is 11.5 Å². The highest BCUT2D eigenvalue weighted by Gasteiger charge is 2.71.